The van der Waals surface area contributed by atoms with Gasteiger partial charge in [0.15, 0.2) is 0 Å². The molecule has 1 aliphatic heterocycles. The summed E-state index contributed by atoms with van der Waals surface area (Å²) in [5.41, 5.74) is 5.89. The zero-order valence-corrected chi connectivity index (χ0v) is 20.3. The van der Waals surface area contributed by atoms with Crippen molar-refractivity contribution in [1.82, 2.24) is 20.4 Å². The first-order valence-corrected chi connectivity index (χ1v) is 11.9. The van der Waals surface area contributed by atoms with Crippen LogP contribution in [0.5, 0.6) is 0 Å². The molecular formula is C27H32N4O3. The maximum absolute atomic E-state index is 13.1. The van der Waals surface area contributed by atoms with Gasteiger partial charge >= 0.3 is 6.03 Å². The average molecular weight is 461 g/mol. The summed E-state index contributed by atoms with van der Waals surface area (Å²) in [6.07, 6.45) is 1.69. The second-order valence-electron chi connectivity index (χ2n) is 8.47. The molecule has 1 aliphatic rings. The Morgan fingerprint density at radius 2 is 1.79 bits per heavy atom. The number of hydrogen-bond acceptors (Lipinski definition) is 5. The van der Waals surface area contributed by atoms with Crippen molar-refractivity contribution in [3.05, 3.63) is 76.8 Å². The lowest BCUT2D eigenvalue weighted by molar-refractivity contribution is 0.136. The molecule has 0 spiro atoms. The van der Waals surface area contributed by atoms with Crippen molar-refractivity contribution in [2.75, 3.05) is 19.8 Å². The molecule has 1 unspecified atom stereocenters. The van der Waals surface area contributed by atoms with Gasteiger partial charge in [-0.05, 0) is 44.7 Å². The highest BCUT2D eigenvalue weighted by Crippen LogP contribution is 2.37. The van der Waals surface area contributed by atoms with Gasteiger partial charge in [0.25, 0.3) is 5.89 Å². The third-order valence-electron chi connectivity index (χ3n) is 6.16. The van der Waals surface area contributed by atoms with E-state index in [-0.39, 0.29) is 12.1 Å². The molecule has 2 aromatic carbocycles. The van der Waals surface area contributed by atoms with E-state index in [4.69, 9.17) is 14.2 Å². The predicted octanol–water partition coefficient (Wildman–Crippen LogP) is 5.53. The van der Waals surface area contributed by atoms with E-state index in [1.807, 2.05) is 45.0 Å². The molecule has 0 bridgehead atoms. The van der Waals surface area contributed by atoms with E-state index in [1.54, 1.807) is 4.90 Å². The highest BCUT2D eigenvalue weighted by atomic mass is 16.5. The summed E-state index contributed by atoms with van der Waals surface area (Å²) in [4.78, 5) is 19.5. The molecule has 34 heavy (non-hydrogen) atoms. The van der Waals surface area contributed by atoms with Gasteiger partial charge in [-0.25, -0.2) is 4.79 Å². The largest absolute Gasteiger partial charge is 0.382 e. The zero-order valence-electron chi connectivity index (χ0n) is 20.3. The standard InChI is InChI=1S/C27H32N4O3/c1-5-20-10-14-21(15-11-20)24-23(19(4)31(27(32)28-24)16-7-17-33-6-2)26-29-25(30-34-26)22-12-8-18(3)9-13-22/h8-15,24H,5-7,16-17H2,1-4H3,(H,28,32). The Morgan fingerprint density at radius 1 is 1.06 bits per heavy atom. The number of ether oxygens (including phenoxy) is 1. The van der Waals surface area contributed by atoms with Crippen LogP contribution in [-0.4, -0.2) is 40.8 Å². The van der Waals surface area contributed by atoms with Crippen molar-refractivity contribution in [3.63, 3.8) is 0 Å². The van der Waals surface area contributed by atoms with Crippen LogP contribution in [-0.2, 0) is 11.2 Å². The molecule has 0 aliphatic carbocycles. The third-order valence-corrected chi connectivity index (χ3v) is 6.16. The molecular weight excluding hydrogens is 428 g/mol. The molecule has 178 valence electrons. The number of aromatic nitrogens is 2. The molecule has 0 radical (unpaired) electrons. The van der Waals surface area contributed by atoms with Gasteiger partial charge in [0.1, 0.15) is 0 Å². The van der Waals surface area contributed by atoms with E-state index in [0.29, 0.717) is 31.5 Å². The average Bonchev–Trinajstić information content (AvgIpc) is 3.33. The summed E-state index contributed by atoms with van der Waals surface area (Å²) in [6, 6.07) is 15.8. The molecule has 3 aromatic rings. The maximum atomic E-state index is 13.1. The first-order valence-electron chi connectivity index (χ1n) is 11.9. The van der Waals surface area contributed by atoms with Crippen LogP contribution in [0.3, 0.4) is 0 Å². The second-order valence-corrected chi connectivity index (χ2v) is 8.47. The van der Waals surface area contributed by atoms with Gasteiger partial charge < -0.3 is 14.6 Å². The lowest BCUT2D eigenvalue weighted by atomic mass is 9.93. The van der Waals surface area contributed by atoms with Crippen molar-refractivity contribution in [3.8, 4) is 11.4 Å². The Bertz CT molecular complexity index is 1150. The molecule has 7 heteroatoms. The Labute approximate surface area is 200 Å². The monoisotopic (exact) mass is 460 g/mol. The lowest BCUT2D eigenvalue weighted by Gasteiger charge is -2.35. The van der Waals surface area contributed by atoms with E-state index < -0.39 is 0 Å². The smallest absolute Gasteiger partial charge is 0.322 e. The summed E-state index contributed by atoms with van der Waals surface area (Å²) < 4.78 is 11.2. The van der Waals surface area contributed by atoms with Gasteiger partial charge in [0, 0.05) is 31.0 Å². The topological polar surface area (TPSA) is 80.5 Å². The number of carbonyl (C=O) groups is 1. The summed E-state index contributed by atoms with van der Waals surface area (Å²) in [5, 5.41) is 7.40. The van der Waals surface area contributed by atoms with Gasteiger partial charge in [0.2, 0.25) is 5.82 Å². The number of rotatable bonds is 9. The van der Waals surface area contributed by atoms with Gasteiger partial charge in [-0.1, -0.05) is 66.2 Å². The molecule has 1 atom stereocenters. The Morgan fingerprint density at radius 3 is 2.47 bits per heavy atom. The minimum atomic E-state index is -0.382. The zero-order chi connectivity index (χ0) is 24.1. The van der Waals surface area contributed by atoms with Crippen molar-refractivity contribution in [2.45, 2.75) is 46.6 Å². The number of nitrogens with zero attached hydrogens (tertiary/aromatic N) is 3. The fraction of sp³-hybridized carbons (Fsp3) is 0.370. The van der Waals surface area contributed by atoms with Gasteiger partial charge in [-0.2, -0.15) is 4.98 Å². The molecule has 4 rings (SSSR count). The summed E-state index contributed by atoms with van der Waals surface area (Å²) >= 11 is 0. The van der Waals surface area contributed by atoms with E-state index in [9.17, 15) is 4.79 Å². The quantitative estimate of drug-likeness (QED) is 0.425. The van der Waals surface area contributed by atoms with E-state index in [2.05, 4.69) is 41.7 Å². The number of amides is 2. The van der Waals surface area contributed by atoms with Crippen LogP contribution in [0, 0.1) is 6.92 Å². The number of aryl methyl sites for hydroxylation is 2. The van der Waals surface area contributed by atoms with Crippen LogP contribution >= 0.6 is 0 Å². The number of nitrogens with one attached hydrogen (secondary N) is 1. The maximum Gasteiger partial charge on any atom is 0.322 e. The Balaban J connectivity index is 1.72. The molecule has 0 saturated heterocycles. The van der Waals surface area contributed by atoms with Crippen LogP contribution in [0.2, 0.25) is 0 Å². The molecule has 0 saturated carbocycles. The molecule has 7 nitrogen and oxygen atoms in total. The van der Waals surface area contributed by atoms with Crippen LogP contribution in [0.4, 0.5) is 4.79 Å². The van der Waals surface area contributed by atoms with Crippen molar-refractivity contribution >= 4 is 11.6 Å². The van der Waals surface area contributed by atoms with Crippen LogP contribution < -0.4 is 5.32 Å². The van der Waals surface area contributed by atoms with Gasteiger partial charge in [-0.15, -0.1) is 0 Å². The molecule has 2 heterocycles. The van der Waals surface area contributed by atoms with Crippen LogP contribution in [0.15, 0.2) is 58.8 Å². The lowest BCUT2D eigenvalue weighted by Crippen LogP contribution is -2.46. The highest BCUT2D eigenvalue weighted by molar-refractivity contribution is 5.86. The SMILES string of the molecule is CCOCCCN1C(=O)NC(c2ccc(CC)cc2)C(c2nc(-c3ccc(C)cc3)no2)=C1C. The number of hydrogen-bond donors (Lipinski definition) is 1. The van der Waals surface area contributed by atoms with E-state index >= 15 is 0 Å². The minimum Gasteiger partial charge on any atom is -0.382 e. The highest BCUT2D eigenvalue weighted by Gasteiger charge is 2.35. The molecule has 1 N–H and O–H groups in total. The number of urea groups is 1. The first kappa shape index (κ1) is 23.7. The van der Waals surface area contributed by atoms with Gasteiger partial charge in [0.05, 0.1) is 11.6 Å². The molecule has 0 fully saturated rings. The molecule has 1 aromatic heterocycles. The predicted molar refractivity (Wildman–Crippen MR) is 132 cm³/mol. The van der Waals surface area contributed by atoms with Crippen LogP contribution in [0.1, 0.15) is 55.8 Å². The number of carbonyl (C=O) groups excluding carboxylic acids is 1. The third kappa shape index (κ3) is 5.04. The van der Waals surface area contributed by atoms with Crippen molar-refractivity contribution < 1.29 is 14.1 Å². The first-order chi connectivity index (χ1) is 16.5. The summed E-state index contributed by atoms with van der Waals surface area (Å²) in [7, 11) is 0. The second kappa shape index (κ2) is 10.7. The van der Waals surface area contributed by atoms with E-state index in [0.717, 1.165) is 35.2 Å². The number of benzene rings is 2. The van der Waals surface area contributed by atoms with Gasteiger partial charge in [-0.3, -0.25) is 4.90 Å². The summed E-state index contributed by atoms with van der Waals surface area (Å²) in [5.74, 6) is 0.933. The van der Waals surface area contributed by atoms with E-state index in [1.165, 1.54) is 11.1 Å². The Kier molecular flexibility index (Phi) is 7.43. The number of allylic oxidation sites excluding steroid dienone is 1. The van der Waals surface area contributed by atoms with Crippen molar-refractivity contribution in [1.29, 1.82) is 0 Å². The van der Waals surface area contributed by atoms with Crippen molar-refractivity contribution in [2.24, 2.45) is 0 Å². The fourth-order valence-corrected chi connectivity index (χ4v) is 4.15. The normalized spacial score (nSPS) is 16.2. The van der Waals surface area contributed by atoms with Crippen LogP contribution in [0.25, 0.3) is 17.0 Å². The Hall–Kier alpha value is -3.45. The fourth-order valence-electron chi connectivity index (χ4n) is 4.15. The summed E-state index contributed by atoms with van der Waals surface area (Å²) in [6.45, 7) is 9.87. The minimum absolute atomic E-state index is 0.138. The molecule has 2 amide bonds.